The smallest absolute Gasteiger partial charge is 0.282 e. The lowest BCUT2D eigenvalue weighted by atomic mass is 10.1. The van der Waals surface area contributed by atoms with Crippen LogP contribution in [0.1, 0.15) is 43.1 Å². The summed E-state index contributed by atoms with van der Waals surface area (Å²) in [5.41, 5.74) is 2.16. The molecule has 0 N–H and O–H groups in total. The molecule has 4 rings (SSSR count). The van der Waals surface area contributed by atoms with Crippen molar-refractivity contribution in [3.8, 4) is 5.75 Å². The molecule has 0 radical (unpaired) electrons. The van der Waals surface area contributed by atoms with Crippen molar-refractivity contribution in [1.29, 1.82) is 0 Å². The van der Waals surface area contributed by atoms with Crippen molar-refractivity contribution >= 4 is 33.0 Å². The van der Waals surface area contributed by atoms with Gasteiger partial charge in [-0.1, -0.05) is 41.9 Å². The number of hydrogen-bond acceptors (Lipinski definition) is 4. The Morgan fingerprint density at radius 3 is 2.55 bits per heavy atom. The molecular weight excluding hydrogens is 485 g/mol. The molecule has 0 aliphatic heterocycles. The number of nitrogens with zero attached hydrogens (tertiary/aromatic N) is 3. The highest BCUT2D eigenvalue weighted by molar-refractivity contribution is 9.10. The van der Waals surface area contributed by atoms with E-state index in [-0.39, 0.29) is 17.3 Å². The number of fused-ring (bicyclic) bond motifs is 1. The van der Waals surface area contributed by atoms with Crippen LogP contribution in [0.4, 0.5) is 4.39 Å². The molecule has 7 heteroatoms. The molecular formula is C26H23BrFN3O2. The van der Waals surface area contributed by atoms with Gasteiger partial charge in [-0.15, -0.1) is 0 Å². The van der Waals surface area contributed by atoms with Crippen molar-refractivity contribution in [2.75, 3.05) is 0 Å². The molecule has 0 aliphatic carbocycles. The SMILES string of the molecule is CC[C@H](C)c1nc2ccc(Br)cc2c(=O)n1N=Cc1ccc(OCc2ccc(F)cc2)cc1. The second-order valence-electron chi connectivity index (χ2n) is 7.79. The van der Waals surface area contributed by atoms with E-state index in [1.54, 1.807) is 24.4 Å². The maximum absolute atomic E-state index is 13.2. The van der Waals surface area contributed by atoms with Gasteiger partial charge in [-0.25, -0.2) is 9.37 Å². The summed E-state index contributed by atoms with van der Waals surface area (Å²) in [6.45, 7) is 4.44. The number of ether oxygens (including phenoxy) is 1. The van der Waals surface area contributed by atoms with Crippen LogP contribution in [-0.2, 0) is 6.61 Å². The lowest BCUT2D eigenvalue weighted by molar-refractivity contribution is 0.306. The van der Waals surface area contributed by atoms with Gasteiger partial charge >= 0.3 is 0 Å². The van der Waals surface area contributed by atoms with Crippen molar-refractivity contribution in [2.45, 2.75) is 32.8 Å². The first-order valence-electron chi connectivity index (χ1n) is 10.7. The van der Waals surface area contributed by atoms with Gasteiger partial charge in [-0.3, -0.25) is 4.79 Å². The van der Waals surface area contributed by atoms with Crippen molar-refractivity contribution in [3.05, 3.63) is 104 Å². The van der Waals surface area contributed by atoms with Gasteiger partial charge in [0.25, 0.3) is 5.56 Å². The Kier molecular flexibility index (Phi) is 6.99. The summed E-state index contributed by atoms with van der Waals surface area (Å²) >= 11 is 3.42. The summed E-state index contributed by atoms with van der Waals surface area (Å²) in [5.74, 6) is 1.12. The van der Waals surface area contributed by atoms with Crippen molar-refractivity contribution in [1.82, 2.24) is 9.66 Å². The molecule has 3 aromatic carbocycles. The minimum atomic E-state index is -0.271. The van der Waals surface area contributed by atoms with Crippen LogP contribution in [0, 0.1) is 5.82 Å². The quantitative estimate of drug-likeness (QED) is 0.277. The van der Waals surface area contributed by atoms with Crippen LogP contribution in [0.3, 0.4) is 0 Å². The standard InChI is InChI=1S/C26H23BrFN3O2/c1-3-17(2)25-30-24-13-8-20(27)14-23(24)26(32)31(25)29-15-18-6-11-22(12-7-18)33-16-19-4-9-21(28)10-5-19/h4-15,17H,3,16H2,1-2H3/t17-/m0/s1. The molecule has 33 heavy (non-hydrogen) atoms. The van der Waals surface area contributed by atoms with Crippen LogP contribution in [0.5, 0.6) is 5.75 Å². The zero-order chi connectivity index (χ0) is 23.4. The van der Waals surface area contributed by atoms with Crippen molar-refractivity contribution in [2.24, 2.45) is 5.10 Å². The Balaban J connectivity index is 1.57. The molecule has 1 atom stereocenters. The molecule has 0 aliphatic rings. The van der Waals surface area contributed by atoms with Crippen LogP contribution >= 0.6 is 15.9 Å². The third-order valence-electron chi connectivity index (χ3n) is 5.41. The van der Waals surface area contributed by atoms with Crippen LogP contribution in [0.2, 0.25) is 0 Å². The summed E-state index contributed by atoms with van der Waals surface area (Å²) < 4.78 is 21.0. The van der Waals surface area contributed by atoms with Gasteiger partial charge in [-0.2, -0.15) is 9.78 Å². The fraction of sp³-hybridized carbons (Fsp3) is 0.192. The Labute approximate surface area is 199 Å². The number of halogens is 2. The molecule has 1 heterocycles. The van der Waals surface area contributed by atoms with E-state index in [4.69, 9.17) is 9.72 Å². The summed E-state index contributed by atoms with van der Waals surface area (Å²) in [6.07, 6.45) is 2.48. The lowest BCUT2D eigenvalue weighted by Crippen LogP contribution is -2.23. The average molecular weight is 508 g/mol. The second kappa shape index (κ2) is 10.1. The topological polar surface area (TPSA) is 56.5 Å². The summed E-state index contributed by atoms with van der Waals surface area (Å²) in [6, 6.07) is 19.1. The zero-order valence-electron chi connectivity index (χ0n) is 18.3. The molecule has 0 unspecified atom stereocenters. The normalized spacial score (nSPS) is 12.4. The van der Waals surface area contributed by atoms with Crippen molar-refractivity contribution < 1.29 is 9.13 Å². The first kappa shape index (κ1) is 22.9. The Morgan fingerprint density at radius 1 is 1.12 bits per heavy atom. The molecule has 1 aromatic heterocycles. The van der Waals surface area contributed by atoms with Crippen LogP contribution < -0.4 is 10.3 Å². The van der Waals surface area contributed by atoms with E-state index in [9.17, 15) is 9.18 Å². The van der Waals surface area contributed by atoms with Crippen molar-refractivity contribution in [3.63, 3.8) is 0 Å². The predicted octanol–water partition coefficient (Wildman–Crippen LogP) is 6.27. The largest absolute Gasteiger partial charge is 0.489 e. The fourth-order valence-electron chi connectivity index (χ4n) is 3.30. The lowest BCUT2D eigenvalue weighted by Gasteiger charge is -2.14. The molecule has 0 bridgehead atoms. The van der Waals surface area contributed by atoms with E-state index in [1.165, 1.54) is 16.8 Å². The zero-order valence-corrected chi connectivity index (χ0v) is 19.9. The molecule has 5 nitrogen and oxygen atoms in total. The monoisotopic (exact) mass is 507 g/mol. The molecule has 4 aromatic rings. The summed E-state index contributed by atoms with van der Waals surface area (Å²) in [5, 5.41) is 4.99. The van der Waals surface area contributed by atoms with E-state index in [2.05, 4.69) is 28.0 Å². The van der Waals surface area contributed by atoms with E-state index in [1.807, 2.05) is 43.3 Å². The van der Waals surface area contributed by atoms with Gasteiger partial charge in [-0.05, 0) is 72.1 Å². The molecule has 0 saturated carbocycles. The fourth-order valence-corrected chi connectivity index (χ4v) is 3.66. The third-order valence-corrected chi connectivity index (χ3v) is 5.90. The number of rotatable bonds is 7. The Morgan fingerprint density at radius 2 is 1.85 bits per heavy atom. The molecule has 0 spiro atoms. The van der Waals surface area contributed by atoms with Crippen LogP contribution in [-0.4, -0.2) is 15.9 Å². The number of aromatic nitrogens is 2. The van der Waals surface area contributed by atoms with E-state index < -0.39 is 0 Å². The molecule has 168 valence electrons. The highest BCUT2D eigenvalue weighted by Gasteiger charge is 2.15. The molecule has 0 amide bonds. The van der Waals surface area contributed by atoms with Gasteiger partial charge in [0, 0.05) is 10.4 Å². The maximum Gasteiger partial charge on any atom is 0.282 e. The van der Waals surface area contributed by atoms with E-state index >= 15 is 0 Å². The number of benzene rings is 3. The van der Waals surface area contributed by atoms with Gasteiger partial charge in [0.05, 0.1) is 17.1 Å². The number of hydrogen-bond donors (Lipinski definition) is 0. The van der Waals surface area contributed by atoms with Gasteiger partial charge < -0.3 is 4.74 Å². The predicted molar refractivity (Wildman–Crippen MR) is 133 cm³/mol. The third kappa shape index (κ3) is 5.37. The molecule has 0 fully saturated rings. The minimum absolute atomic E-state index is 0.0742. The summed E-state index contributed by atoms with van der Waals surface area (Å²) in [7, 11) is 0. The Bertz CT molecular complexity index is 1350. The first-order chi connectivity index (χ1) is 15.9. The second-order valence-corrected chi connectivity index (χ2v) is 8.70. The Hall–Kier alpha value is -3.32. The van der Waals surface area contributed by atoms with Crippen LogP contribution in [0.25, 0.3) is 10.9 Å². The highest BCUT2D eigenvalue weighted by atomic mass is 79.9. The van der Waals surface area contributed by atoms with Crippen LogP contribution in [0.15, 0.2) is 81.1 Å². The average Bonchev–Trinajstić information content (AvgIpc) is 2.83. The van der Waals surface area contributed by atoms with E-state index in [0.29, 0.717) is 29.1 Å². The highest BCUT2D eigenvalue weighted by Crippen LogP contribution is 2.21. The molecule has 0 saturated heterocycles. The van der Waals surface area contributed by atoms with Gasteiger partial charge in [0.1, 0.15) is 24.0 Å². The first-order valence-corrected chi connectivity index (χ1v) is 11.5. The van der Waals surface area contributed by atoms with Gasteiger partial charge in [0.2, 0.25) is 0 Å². The van der Waals surface area contributed by atoms with E-state index in [0.717, 1.165) is 22.0 Å². The maximum atomic E-state index is 13.2. The van der Waals surface area contributed by atoms with Gasteiger partial charge in [0.15, 0.2) is 0 Å². The summed E-state index contributed by atoms with van der Waals surface area (Å²) in [4.78, 5) is 17.9. The minimum Gasteiger partial charge on any atom is -0.489 e.